The molecule has 0 saturated heterocycles. The maximum absolute atomic E-state index is 13.0. The molecule has 7 heteroatoms. The zero-order valence-electron chi connectivity index (χ0n) is 20.1. The van der Waals surface area contributed by atoms with Gasteiger partial charge in [-0.3, -0.25) is 9.69 Å². The summed E-state index contributed by atoms with van der Waals surface area (Å²) >= 11 is 0. The quantitative estimate of drug-likeness (QED) is 0.572. The minimum Gasteiger partial charge on any atom is -0.322 e. The number of aryl methyl sites for hydroxylation is 1. The molecule has 3 aromatic rings. The van der Waals surface area contributed by atoms with Crippen LogP contribution in [-0.4, -0.2) is 36.1 Å². The summed E-state index contributed by atoms with van der Waals surface area (Å²) in [6.07, 6.45) is 6.76. The van der Waals surface area contributed by atoms with E-state index in [-0.39, 0.29) is 17.1 Å². The Hall–Kier alpha value is -2.54. The van der Waals surface area contributed by atoms with E-state index in [1.165, 1.54) is 18.4 Å². The number of rotatable bonds is 7. The highest BCUT2D eigenvalue weighted by atomic mass is 16.1. The number of tetrazole rings is 1. The van der Waals surface area contributed by atoms with Crippen molar-refractivity contribution in [3.63, 3.8) is 0 Å². The molecule has 1 aliphatic carbocycles. The number of pyridine rings is 1. The van der Waals surface area contributed by atoms with Crippen molar-refractivity contribution in [1.82, 2.24) is 30.1 Å². The molecule has 7 nitrogen and oxygen atoms in total. The highest BCUT2D eigenvalue weighted by molar-refractivity contribution is 5.79. The van der Waals surface area contributed by atoms with Gasteiger partial charge in [-0.05, 0) is 81.0 Å². The lowest BCUT2D eigenvalue weighted by atomic mass is 10.0. The van der Waals surface area contributed by atoms with E-state index in [0.29, 0.717) is 12.6 Å². The van der Waals surface area contributed by atoms with Gasteiger partial charge < -0.3 is 4.98 Å². The first-order valence-corrected chi connectivity index (χ1v) is 11.9. The normalized spacial score (nSPS) is 16.3. The summed E-state index contributed by atoms with van der Waals surface area (Å²) in [6.45, 7) is 11.3. The summed E-state index contributed by atoms with van der Waals surface area (Å²) in [5.41, 5.74) is 2.68. The monoisotopic (exact) mass is 436 g/mol. The first-order chi connectivity index (χ1) is 15.3. The smallest absolute Gasteiger partial charge is 0.252 e. The third-order valence-corrected chi connectivity index (χ3v) is 6.61. The van der Waals surface area contributed by atoms with Crippen LogP contribution in [0, 0.1) is 6.92 Å². The average Bonchev–Trinajstić information content (AvgIpc) is 3.43. The summed E-state index contributed by atoms with van der Waals surface area (Å²) in [7, 11) is 0. The second kappa shape index (κ2) is 9.14. The van der Waals surface area contributed by atoms with Crippen LogP contribution in [0.25, 0.3) is 10.9 Å². The predicted molar refractivity (Wildman–Crippen MR) is 128 cm³/mol. The second-order valence-electron chi connectivity index (χ2n) is 10.2. The maximum atomic E-state index is 13.0. The van der Waals surface area contributed by atoms with E-state index in [2.05, 4.69) is 72.2 Å². The van der Waals surface area contributed by atoms with Crippen molar-refractivity contribution < 1.29 is 0 Å². The number of aromatic nitrogens is 5. The molecular formula is C25H36N6O. The molecule has 0 amide bonds. The van der Waals surface area contributed by atoms with Crippen LogP contribution in [0.15, 0.2) is 29.1 Å². The van der Waals surface area contributed by atoms with Crippen molar-refractivity contribution in [3.8, 4) is 0 Å². The molecule has 0 bridgehead atoms. The molecule has 1 saturated carbocycles. The summed E-state index contributed by atoms with van der Waals surface area (Å²) in [5, 5.41) is 14.0. The zero-order valence-corrected chi connectivity index (χ0v) is 20.1. The van der Waals surface area contributed by atoms with Crippen molar-refractivity contribution in [2.45, 2.75) is 97.3 Å². The van der Waals surface area contributed by atoms with E-state index in [0.717, 1.165) is 48.0 Å². The molecule has 1 N–H and O–H groups in total. The fraction of sp³-hybridized carbons (Fsp3) is 0.600. The Morgan fingerprint density at radius 3 is 2.66 bits per heavy atom. The molecule has 1 aliphatic rings. The van der Waals surface area contributed by atoms with Gasteiger partial charge in [0.2, 0.25) is 0 Å². The van der Waals surface area contributed by atoms with Gasteiger partial charge in [0, 0.05) is 23.7 Å². The van der Waals surface area contributed by atoms with Crippen LogP contribution in [0.1, 0.15) is 89.2 Å². The van der Waals surface area contributed by atoms with Gasteiger partial charge >= 0.3 is 0 Å². The number of nitrogens with one attached hydrogen (secondary N) is 1. The SMILES string of the molecule is CCC[C@@H](c1nnnn1C(C)(C)C)N(Cc1cc2cc(C)ccc2[nH]c1=O)C1CCCC1. The number of hydrogen-bond donors (Lipinski definition) is 1. The molecule has 0 aliphatic heterocycles. The van der Waals surface area contributed by atoms with E-state index >= 15 is 0 Å². The molecule has 0 spiro atoms. The van der Waals surface area contributed by atoms with Crippen molar-refractivity contribution in [3.05, 3.63) is 51.6 Å². The van der Waals surface area contributed by atoms with Gasteiger partial charge in [0.25, 0.3) is 5.56 Å². The van der Waals surface area contributed by atoms with Crippen LogP contribution < -0.4 is 5.56 Å². The lowest BCUT2D eigenvalue weighted by Gasteiger charge is -2.36. The molecular weight excluding hydrogens is 400 g/mol. The lowest BCUT2D eigenvalue weighted by molar-refractivity contribution is 0.104. The maximum Gasteiger partial charge on any atom is 0.252 e. The van der Waals surface area contributed by atoms with Crippen LogP contribution in [-0.2, 0) is 12.1 Å². The van der Waals surface area contributed by atoms with Crippen LogP contribution in [0.2, 0.25) is 0 Å². The third-order valence-electron chi connectivity index (χ3n) is 6.61. The first kappa shape index (κ1) is 22.6. The Kier molecular flexibility index (Phi) is 6.47. The molecule has 2 aromatic heterocycles. The van der Waals surface area contributed by atoms with Crippen molar-refractivity contribution in [2.24, 2.45) is 0 Å². The number of fused-ring (bicyclic) bond motifs is 1. The van der Waals surface area contributed by atoms with E-state index in [9.17, 15) is 4.79 Å². The Labute approximate surface area is 190 Å². The Bertz CT molecular complexity index is 1120. The molecule has 2 heterocycles. The predicted octanol–water partition coefficient (Wildman–Crippen LogP) is 4.86. The van der Waals surface area contributed by atoms with Gasteiger partial charge in [0.1, 0.15) is 0 Å². The Morgan fingerprint density at radius 1 is 1.22 bits per heavy atom. The van der Waals surface area contributed by atoms with E-state index < -0.39 is 0 Å². The number of hydrogen-bond acceptors (Lipinski definition) is 5. The summed E-state index contributed by atoms with van der Waals surface area (Å²) < 4.78 is 1.96. The standard InChI is InChI=1S/C25H36N6O/c1-6-9-22(23-27-28-29-31(23)25(3,4)5)30(20-10-7-8-11-20)16-19-15-18-14-17(2)12-13-21(18)26-24(19)32/h12-15,20,22H,6-11,16H2,1-5H3,(H,26,32)/t22-/m0/s1. The van der Waals surface area contributed by atoms with Crippen LogP contribution in [0.3, 0.4) is 0 Å². The molecule has 32 heavy (non-hydrogen) atoms. The van der Waals surface area contributed by atoms with Crippen molar-refractivity contribution >= 4 is 10.9 Å². The van der Waals surface area contributed by atoms with Gasteiger partial charge in [0.05, 0.1) is 11.6 Å². The molecule has 1 aromatic carbocycles. The van der Waals surface area contributed by atoms with Crippen molar-refractivity contribution in [2.75, 3.05) is 0 Å². The highest BCUT2D eigenvalue weighted by Crippen LogP contribution is 2.35. The fourth-order valence-corrected chi connectivity index (χ4v) is 5.01. The lowest BCUT2D eigenvalue weighted by Crippen LogP contribution is -2.40. The van der Waals surface area contributed by atoms with Gasteiger partial charge in [-0.2, -0.15) is 0 Å². The summed E-state index contributed by atoms with van der Waals surface area (Å²) in [5.74, 6) is 0.902. The minimum atomic E-state index is -0.204. The van der Waals surface area contributed by atoms with E-state index in [1.807, 2.05) is 16.8 Å². The number of H-pyrrole nitrogens is 1. The molecule has 0 unspecified atom stereocenters. The first-order valence-electron chi connectivity index (χ1n) is 11.9. The van der Waals surface area contributed by atoms with Crippen LogP contribution in [0.5, 0.6) is 0 Å². The zero-order chi connectivity index (χ0) is 22.9. The minimum absolute atomic E-state index is 0.00462. The van der Waals surface area contributed by atoms with Gasteiger partial charge in [-0.1, -0.05) is 37.8 Å². The molecule has 172 valence electrons. The molecule has 4 rings (SSSR count). The molecule has 0 radical (unpaired) electrons. The second-order valence-corrected chi connectivity index (χ2v) is 10.2. The Morgan fingerprint density at radius 2 is 1.97 bits per heavy atom. The summed E-state index contributed by atoms with van der Waals surface area (Å²) in [6, 6.07) is 8.74. The van der Waals surface area contributed by atoms with E-state index in [1.54, 1.807) is 0 Å². The van der Waals surface area contributed by atoms with Crippen LogP contribution in [0.4, 0.5) is 0 Å². The largest absolute Gasteiger partial charge is 0.322 e. The van der Waals surface area contributed by atoms with Crippen LogP contribution >= 0.6 is 0 Å². The van der Waals surface area contributed by atoms with Gasteiger partial charge in [0.15, 0.2) is 5.82 Å². The van der Waals surface area contributed by atoms with Crippen molar-refractivity contribution in [1.29, 1.82) is 0 Å². The van der Waals surface area contributed by atoms with Gasteiger partial charge in [-0.25, -0.2) is 4.68 Å². The van der Waals surface area contributed by atoms with E-state index in [4.69, 9.17) is 0 Å². The topological polar surface area (TPSA) is 79.7 Å². The fourth-order valence-electron chi connectivity index (χ4n) is 5.01. The van der Waals surface area contributed by atoms with Gasteiger partial charge in [-0.15, -0.1) is 5.10 Å². The highest BCUT2D eigenvalue weighted by Gasteiger charge is 2.34. The molecule has 1 atom stereocenters. The number of aromatic amines is 1. The number of benzene rings is 1. The summed E-state index contributed by atoms with van der Waals surface area (Å²) in [4.78, 5) is 18.6. The average molecular weight is 437 g/mol. The molecule has 1 fully saturated rings. The third kappa shape index (κ3) is 4.63. The Balaban J connectivity index is 1.77. The number of nitrogens with zero attached hydrogens (tertiary/aromatic N) is 5.